The highest BCUT2D eigenvalue weighted by Crippen LogP contribution is 2.26. The van der Waals surface area contributed by atoms with Crippen LogP contribution in [0.5, 0.6) is 0 Å². The van der Waals surface area contributed by atoms with Crippen LogP contribution in [-0.4, -0.2) is 10.2 Å². The van der Waals surface area contributed by atoms with Gasteiger partial charge in [0.15, 0.2) is 17.5 Å². The Labute approximate surface area is 96.5 Å². The Morgan fingerprint density at radius 3 is 2.41 bits per heavy atom. The molecule has 0 radical (unpaired) electrons. The molecule has 2 aromatic rings. The van der Waals surface area contributed by atoms with Crippen molar-refractivity contribution in [3.05, 3.63) is 41.3 Å². The summed E-state index contributed by atoms with van der Waals surface area (Å²) in [7, 11) is 0. The van der Waals surface area contributed by atoms with Gasteiger partial charge in [0.2, 0.25) is 0 Å². The van der Waals surface area contributed by atoms with Crippen LogP contribution in [0.1, 0.15) is 25.5 Å². The Bertz CT molecular complexity index is 547. The van der Waals surface area contributed by atoms with E-state index in [1.807, 2.05) is 13.8 Å². The number of nitrogens with zero attached hydrogens (tertiary/aromatic N) is 1. The van der Waals surface area contributed by atoms with Crippen molar-refractivity contribution in [2.24, 2.45) is 0 Å². The molecule has 90 valence electrons. The Balaban J connectivity index is 2.49. The summed E-state index contributed by atoms with van der Waals surface area (Å²) in [6.07, 6.45) is 0. The highest BCUT2D eigenvalue weighted by atomic mass is 19.2. The number of hydrogen-bond donors (Lipinski definition) is 1. The van der Waals surface area contributed by atoms with Gasteiger partial charge in [0.25, 0.3) is 0 Å². The molecule has 1 heterocycles. The molecule has 0 amide bonds. The predicted molar refractivity (Wildman–Crippen MR) is 58.0 cm³/mol. The van der Waals surface area contributed by atoms with Crippen molar-refractivity contribution in [3.63, 3.8) is 0 Å². The van der Waals surface area contributed by atoms with Crippen LogP contribution in [-0.2, 0) is 0 Å². The molecule has 2 nitrogen and oxygen atoms in total. The van der Waals surface area contributed by atoms with Gasteiger partial charge in [0, 0.05) is 11.3 Å². The van der Waals surface area contributed by atoms with E-state index in [0.717, 1.165) is 11.8 Å². The first-order valence-corrected chi connectivity index (χ1v) is 5.20. The van der Waals surface area contributed by atoms with Gasteiger partial charge in [0.1, 0.15) is 0 Å². The van der Waals surface area contributed by atoms with Crippen molar-refractivity contribution in [3.8, 4) is 11.3 Å². The minimum Gasteiger partial charge on any atom is -0.282 e. The molecule has 0 atom stereocenters. The Morgan fingerprint density at radius 1 is 1.12 bits per heavy atom. The summed E-state index contributed by atoms with van der Waals surface area (Å²) in [4.78, 5) is 0. The van der Waals surface area contributed by atoms with E-state index in [1.54, 1.807) is 6.07 Å². The Kier molecular flexibility index (Phi) is 2.92. The van der Waals surface area contributed by atoms with Gasteiger partial charge >= 0.3 is 0 Å². The second-order valence-electron chi connectivity index (χ2n) is 4.09. The van der Waals surface area contributed by atoms with Crippen molar-refractivity contribution in [1.82, 2.24) is 10.2 Å². The minimum atomic E-state index is -1.48. The molecule has 0 spiro atoms. The highest BCUT2D eigenvalue weighted by Gasteiger charge is 2.17. The second kappa shape index (κ2) is 4.24. The standard InChI is InChI=1S/C12H11F3N2/c1-6(2)9-5-10(17-16-9)7-3-4-8(13)12(15)11(7)14/h3-6H,1-2H3,(H,16,17). The molecule has 5 heteroatoms. The van der Waals surface area contributed by atoms with Gasteiger partial charge < -0.3 is 0 Å². The van der Waals surface area contributed by atoms with Crippen LogP contribution >= 0.6 is 0 Å². The highest BCUT2D eigenvalue weighted by molar-refractivity contribution is 5.60. The van der Waals surface area contributed by atoms with E-state index in [1.165, 1.54) is 6.07 Å². The number of rotatable bonds is 2. The number of aromatic nitrogens is 2. The quantitative estimate of drug-likeness (QED) is 0.798. The fourth-order valence-electron chi connectivity index (χ4n) is 1.49. The molecule has 0 saturated heterocycles. The van der Waals surface area contributed by atoms with Crippen LogP contribution in [0.2, 0.25) is 0 Å². The zero-order valence-corrected chi connectivity index (χ0v) is 9.39. The molecular weight excluding hydrogens is 229 g/mol. The van der Waals surface area contributed by atoms with E-state index in [4.69, 9.17) is 0 Å². The molecule has 2 rings (SSSR count). The summed E-state index contributed by atoms with van der Waals surface area (Å²) in [6, 6.07) is 3.69. The number of hydrogen-bond acceptors (Lipinski definition) is 1. The Hall–Kier alpha value is -1.78. The van der Waals surface area contributed by atoms with Crippen molar-refractivity contribution in [2.75, 3.05) is 0 Å². The third-order valence-corrected chi connectivity index (χ3v) is 2.53. The lowest BCUT2D eigenvalue weighted by Gasteiger charge is -2.01. The van der Waals surface area contributed by atoms with Gasteiger partial charge in [-0.15, -0.1) is 0 Å². The van der Waals surface area contributed by atoms with Crippen LogP contribution in [0.25, 0.3) is 11.3 Å². The van der Waals surface area contributed by atoms with Crippen molar-refractivity contribution >= 4 is 0 Å². The molecule has 0 aliphatic heterocycles. The van der Waals surface area contributed by atoms with Crippen LogP contribution in [0.15, 0.2) is 18.2 Å². The van der Waals surface area contributed by atoms with Crippen molar-refractivity contribution < 1.29 is 13.2 Å². The monoisotopic (exact) mass is 240 g/mol. The lowest BCUT2D eigenvalue weighted by Crippen LogP contribution is -1.93. The molecule has 0 saturated carbocycles. The van der Waals surface area contributed by atoms with Gasteiger partial charge in [-0.1, -0.05) is 13.8 Å². The van der Waals surface area contributed by atoms with Gasteiger partial charge in [-0.25, -0.2) is 13.2 Å². The molecule has 0 aliphatic carbocycles. The third-order valence-electron chi connectivity index (χ3n) is 2.53. The average molecular weight is 240 g/mol. The summed E-state index contributed by atoms with van der Waals surface area (Å²) in [5.74, 6) is -3.70. The maximum atomic E-state index is 13.5. The molecule has 0 aliphatic rings. The molecule has 1 N–H and O–H groups in total. The van der Waals surface area contributed by atoms with E-state index in [9.17, 15) is 13.2 Å². The van der Waals surface area contributed by atoms with E-state index in [2.05, 4.69) is 10.2 Å². The van der Waals surface area contributed by atoms with E-state index >= 15 is 0 Å². The summed E-state index contributed by atoms with van der Waals surface area (Å²) < 4.78 is 39.3. The summed E-state index contributed by atoms with van der Waals surface area (Å²) in [6.45, 7) is 3.89. The third kappa shape index (κ3) is 2.05. The number of nitrogens with one attached hydrogen (secondary N) is 1. The van der Waals surface area contributed by atoms with Crippen molar-refractivity contribution in [1.29, 1.82) is 0 Å². The first-order chi connectivity index (χ1) is 8.00. The maximum absolute atomic E-state index is 13.5. The van der Waals surface area contributed by atoms with Crippen LogP contribution in [0.3, 0.4) is 0 Å². The van der Waals surface area contributed by atoms with Gasteiger partial charge in [-0.3, -0.25) is 5.10 Å². The molecule has 0 unspecified atom stereocenters. The number of halogens is 3. The van der Waals surface area contributed by atoms with Crippen molar-refractivity contribution in [2.45, 2.75) is 19.8 Å². The normalized spacial score (nSPS) is 11.2. The number of benzene rings is 1. The van der Waals surface area contributed by atoms with Gasteiger partial charge in [-0.05, 0) is 24.1 Å². The molecular formula is C12H11F3N2. The minimum absolute atomic E-state index is 0.0490. The van der Waals surface area contributed by atoms with Crippen LogP contribution in [0, 0.1) is 17.5 Å². The fraction of sp³-hybridized carbons (Fsp3) is 0.250. The molecule has 1 aromatic heterocycles. The summed E-state index contributed by atoms with van der Waals surface area (Å²) in [5.41, 5.74) is 1.03. The van der Waals surface area contributed by atoms with Crippen LogP contribution in [0.4, 0.5) is 13.2 Å². The predicted octanol–water partition coefficient (Wildman–Crippen LogP) is 3.62. The topological polar surface area (TPSA) is 28.7 Å². The van der Waals surface area contributed by atoms with E-state index in [0.29, 0.717) is 0 Å². The van der Waals surface area contributed by atoms with E-state index < -0.39 is 17.5 Å². The zero-order valence-electron chi connectivity index (χ0n) is 9.39. The number of aromatic amines is 1. The SMILES string of the molecule is CC(C)c1cc(-c2ccc(F)c(F)c2F)n[nH]1. The van der Waals surface area contributed by atoms with Gasteiger partial charge in [-0.2, -0.15) is 5.10 Å². The lowest BCUT2D eigenvalue weighted by molar-refractivity contribution is 0.449. The largest absolute Gasteiger partial charge is 0.282 e. The lowest BCUT2D eigenvalue weighted by atomic mass is 10.1. The Morgan fingerprint density at radius 2 is 1.82 bits per heavy atom. The first kappa shape index (κ1) is 11.7. The van der Waals surface area contributed by atoms with Crippen LogP contribution < -0.4 is 0 Å². The summed E-state index contributed by atoms with van der Waals surface area (Å²) in [5, 5.41) is 6.62. The average Bonchev–Trinajstić information content (AvgIpc) is 2.75. The van der Waals surface area contributed by atoms with Gasteiger partial charge in [0.05, 0.1) is 5.69 Å². The summed E-state index contributed by atoms with van der Waals surface area (Å²) >= 11 is 0. The molecule has 0 fully saturated rings. The maximum Gasteiger partial charge on any atom is 0.195 e. The molecule has 17 heavy (non-hydrogen) atoms. The number of H-pyrrole nitrogens is 1. The van der Waals surface area contributed by atoms with E-state index in [-0.39, 0.29) is 17.2 Å². The zero-order chi connectivity index (χ0) is 12.6. The fourth-order valence-corrected chi connectivity index (χ4v) is 1.49. The first-order valence-electron chi connectivity index (χ1n) is 5.20. The smallest absolute Gasteiger partial charge is 0.195 e. The second-order valence-corrected chi connectivity index (χ2v) is 4.09. The molecule has 1 aromatic carbocycles. The molecule has 0 bridgehead atoms.